The van der Waals surface area contributed by atoms with E-state index in [-0.39, 0.29) is 31.3 Å². The topological polar surface area (TPSA) is 85.3 Å². The zero-order valence-corrected chi connectivity index (χ0v) is 24.0. The molecule has 0 aliphatic rings. The number of unbranched alkanes of at least 4 members (excludes halogenated alkanes) is 9. The quantitative estimate of drug-likeness (QED) is 0.123. The molecule has 0 heterocycles. The Morgan fingerprint density at radius 3 is 2.06 bits per heavy atom. The number of phosphoric ester groups is 1. The van der Waals surface area contributed by atoms with Gasteiger partial charge in [-0.3, -0.25) is 9.05 Å². The van der Waals surface area contributed by atoms with Crippen LogP contribution in [0.5, 0.6) is 5.75 Å². The van der Waals surface area contributed by atoms with E-state index >= 15 is 0 Å². The second-order valence-electron chi connectivity index (χ2n) is 10.1. The number of nitrogens with zero attached hydrogens (tertiary/aromatic N) is 1. The number of hydrogen-bond acceptors (Lipinski definition) is 6. The van der Waals surface area contributed by atoms with E-state index in [0.717, 1.165) is 24.3 Å². The summed E-state index contributed by atoms with van der Waals surface area (Å²) in [6.45, 7) is 5.08. The molecule has 0 amide bonds. The normalized spacial score (nSPS) is 14.1. The van der Waals surface area contributed by atoms with E-state index in [4.69, 9.17) is 13.8 Å². The van der Waals surface area contributed by atoms with Crippen LogP contribution in [0.1, 0.15) is 90.0 Å². The average Bonchev–Trinajstić information content (AvgIpc) is 2.81. The molecular formula is C28H50NO6P. The van der Waals surface area contributed by atoms with Gasteiger partial charge in [-0.25, -0.2) is 4.57 Å². The van der Waals surface area contributed by atoms with Gasteiger partial charge in [0, 0.05) is 13.0 Å². The summed E-state index contributed by atoms with van der Waals surface area (Å²) in [6.07, 6.45) is 13.8. The van der Waals surface area contributed by atoms with E-state index in [1.165, 1.54) is 64.7 Å². The van der Waals surface area contributed by atoms with E-state index < -0.39 is 7.82 Å². The number of carbonyl (C=O) groups excluding carboxylic acids is 1. The van der Waals surface area contributed by atoms with Gasteiger partial charge in [0.1, 0.15) is 11.5 Å². The first-order valence-electron chi connectivity index (χ1n) is 13.7. The van der Waals surface area contributed by atoms with Crippen LogP contribution < -0.4 is 4.74 Å². The Kier molecular flexibility index (Phi) is 18.0. The fourth-order valence-corrected chi connectivity index (χ4v) is 4.79. The highest BCUT2D eigenvalue weighted by Gasteiger charge is 2.24. The van der Waals surface area contributed by atoms with Gasteiger partial charge in [0.25, 0.3) is 0 Å². The predicted octanol–water partition coefficient (Wildman–Crippen LogP) is 6.82. The molecule has 0 aliphatic carbocycles. The van der Waals surface area contributed by atoms with E-state index in [1.54, 1.807) is 0 Å². The van der Waals surface area contributed by atoms with Crippen LogP contribution in [0.25, 0.3) is 0 Å². The van der Waals surface area contributed by atoms with E-state index in [9.17, 15) is 14.3 Å². The summed E-state index contributed by atoms with van der Waals surface area (Å²) in [5.41, 5.74) is 1.03. The second-order valence-corrected chi connectivity index (χ2v) is 11.5. The molecule has 2 unspecified atom stereocenters. The molecule has 0 aromatic heterocycles. The van der Waals surface area contributed by atoms with Crippen molar-refractivity contribution in [1.82, 2.24) is 4.90 Å². The molecule has 36 heavy (non-hydrogen) atoms. The number of carbonyl (C=O) groups is 1. The van der Waals surface area contributed by atoms with Crippen LogP contribution >= 0.6 is 7.82 Å². The SMILES string of the molecule is CCCCCCCCCCCCOc1ccc(CC(COP(=O)(O)OCCN(C)C)CC(C)=O)cc1. The van der Waals surface area contributed by atoms with Crippen molar-refractivity contribution in [3.8, 4) is 5.75 Å². The van der Waals surface area contributed by atoms with Gasteiger partial charge in [-0.15, -0.1) is 0 Å². The molecule has 208 valence electrons. The van der Waals surface area contributed by atoms with Gasteiger partial charge in [0.2, 0.25) is 0 Å². The minimum atomic E-state index is -4.15. The highest BCUT2D eigenvalue weighted by molar-refractivity contribution is 7.47. The lowest BCUT2D eigenvalue weighted by molar-refractivity contribution is -0.118. The van der Waals surface area contributed by atoms with E-state index in [0.29, 0.717) is 13.0 Å². The van der Waals surface area contributed by atoms with Gasteiger partial charge in [-0.2, -0.15) is 0 Å². The average molecular weight is 528 g/mol. The summed E-state index contributed by atoms with van der Waals surface area (Å²) >= 11 is 0. The van der Waals surface area contributed by atoms with Gasteiger partial charge in [-0.1, -0.05) is 76.8 Å². The zero-order valence-electron chi connectivity index (χ0n) is 23.1. The molecule has 1 N–H and O–H groups in total. The van der Waals surface area contributed by atoms with Crippen molar-refractivity contribution in [2.45, 2.75) is 90.9 Å². The Morgan fingerprint density at radius 1 is 0.917 bits per heavy atom. The summed E-state index contributed by atoms with van der Waals surface area (Å²) in [5.74, 6) is 0.642. The third-order valence-electron chi connectivity index (χ3n) is 6.06. The molecule has 1 aromatic carbocycles. The van der Waals surface area contributed by atoms with Crippen LogP contribution in [-0.4, -0.2) is 56.0 Å². The maximum absolute atomic E-state index is 12.1. The van der Waals surface area contributed by atoms with Gasteiger partial charge >= 0.3 is 7.82 Å². The van der Waals surface area contributed by atoms with Crippen molar-refractivity contribution < 1.29 is 28.0 Å². The first-order valence-corrected chi connectivity index (χ1v) is 15.2. The van der Waals surface area contributed by atoms with Crippen LogP contribution in [0.4, 0.5) is 0 Å². The van der Waals surface area contributed by atoms with Crippen molar-refractivity contribution in [2.24, 2.45) is 5.92 Å². The third-order valence-corrected chi connectivity index (χ3v) is 7.04. The Hall–Kier alpha value is -1.24. The van der Waals surface area contributed by atoms with Crippen molar-refractivity contribution >= 4 is 13.6 Å². The van der Waals surface area contributed by atoms with Crippen molar-refractivity contribution in [3.63, 3.8) is 0 Å². The monoisotopic (exact) mass is 527 g/mol. The number of phosphoric acid groups is 1. The summed E-state index contributed by atoms with van der Waals surface area (Å²) in [6, 6.07) is 7.84. The molecule has 0 radical (unpaired) electrons. The Bertz CT molecular complexity index is 740. The molecule has 8 heteroatoms. The molecule has 0 aliphatic heterocycles. The highest BCUT2D eigenvalue weighted by Crippen LogP contribution is 2.43. The van der Waals surface area contributed by atoms with Crippen LogP contribution in [0.3, 0.4) is 0 Å². The molecule has 0 saturated carbocycles. The Labute approximate surface area is 219 Å². The van der Waals surface area contributed by atoms with Crippen LogP contribution in [0.15, 0.2) is 24.3 Å². The number of benzene rings is 1. The van der Waals surface area contributed by atoms with Gasteiger partial charge in [0.05, 0.1) is 19.8 Å². The maximum Gasteiger partial charge on any atom is 0.472 e. The molecular weight excluding hydrogens is 477 g/mol. The summed E-state index contributed by atoms with van der Waals surface area (Å²) in [5, 5.41) is 0. The smallest absolute Gasteiger partial charge is 0.472 e. The molecule has 7 nitrogen and oxygen atoms in total. The largest absolute Gasteiger partial charge is 0.494 e. The third kappa shape index (κ3) is 18.1. The lowest BCUT2D eigenvalue weighted by atomic mass is 9.95. The molecule has 2 atom stereocenters. The molecule has 0 bridgehead atoms. The first kappa shape index (κ1) is 32.8. The first-order chi connectivity index (χ1) is 17.2. The van der Waals surface area contributed by atoms with Crippen LogP contribution in [0, 0.1) is 5.92 Å². The second kappa shape index (κ2) is 19.8. The number of ketones is 1. The van der Waals surface area contributed by atoms with Gasteiger partial charge in [-0.05, 0) is 57.5 Å². The number of likely N-dealkylation sites (N-methyl/N-ethyl adjacent to an activating group) is 1. The minimum Gasteiger partial charge on any atom is -0.494 e. The number of Topliss-reactive ketones (excluding diaryl/α,β-unsaturated/α-hetero) is 1. The zero-order chi connectivity index (χ0) is 26.7. The van der Waals surface area contributed by atoms with Crippen molar-refractivity contribution in [2.75, 3.05) is 40.5 Å². The molecule has 0 spiro atoms. The summed E-state index contributed by atoms with van der Waals surface area (Å²) in [7, 11) is -0.446. The molecule has 1 aromatic rings. The van der Waals surface area contributed by atoms with E-state index in [1.807, 2.05) is 43.3 Å². The molecule has 1 rings (SSSR count). The number of ether oxygens (including phenoxy) is 1. The minimum absolute atomic E-state index is 0.0151. The molecule has 0 fully saturated rings. The highest BCUT2D eigenvalue weighted by atomic mass is 31.2. The van der Waals surface area contributed by atoms with Crippen molar-refractivity contribution in [1.29, 1.82) is 0 Å². The standard InChI is InChI=1S/C28H50NO6P/c1-5-6-7-8-9-10-11-12-13-14-20-33-28-17-15-26(16-18-28)23-27(22-25(2)30)24-35-36(31,32)34-21-19-29(3)4/h15-18,27H,5-14,19-24H2,1-4H3,(H,31,32). The fraction of sp³-hybridized carbons (Fsp3) is 0.750. The van der Waals surface area contributed by atoms with Crippen LogP contribution in [-0.2, 0) is 24.8 Å². The lowest BCUT2D eigenvalue weighted by Gasteiger charge is -2.19. The number of hydrogen-bond donors (Lipinski definition) is 1. The maximum atomic E-state index is 12.1. The van der Waals surface area contributed by atoms with Gasteiger partial charge < -0.3 is 19.3 Å². The summed E-state index contributed by atoms with van der Waals surface area (Å²) < 4.78 is 28.2. The fourth-order valence-electron chi connectivity index (χ4n) is 4.01. The van der Waals surface area contributed by atoms with Crippen LogP contribution in [0.2, 0.25) is 0 Å². The number of rotatable bonds is 23. The lowest BCUT2D eigenvalue weighted by Crippen LogP contribution is -2.19. The van der Waals surface area contributed by atoms with Gasteiger partial charge in [0.15, 0.2) is 0 Å². The van der Waals surface area contributed by atoms with E-state index in [2.05, 4.69) is 6.92 Å². The predicted molar refractivity (Wildman–Crippen MR) is 147 cm³/mol. The Morgan fingerprint density at radius 2 is 1.50 bits per heavy atom. The summed E-state index contributed by atoms with van der Waals surface area (Å²) in [4.78, 5) is 23.5. The van der Waals surface area contributed by atoms with Crippen molar-refractivity contribution in [3.05, 3.63) is 29.8 Å². The molecule has 0 saturated heterocycles. The Balaban J connectivity index is 2.32.